The number of unbranched alkanes of at least 4 members (excludes halogenated alkanes) is 1. The molecule has 0 spiro atoms. The molecule has 2 aromatic rings. The number of carbonyl (C=O) groups excluding carboxylic acids is 1. The van der Waals surface area contributed by atoms with Crippen LogP contribution in [-0.2, 0) is 7.05 Å². The normalized spacial score (nSPS) is 11.8. The molecule has 1 heterocycles. The third kappa shape index (κ3) is 3.35. The van der Waals surface area contributed by atoms with E-state index in [-0.39, 0.29) is 6.03 Å². The minimum Gasteiger partial charge on any atom is -0.337 e. The van der Waals surface area contributed by atoms with Gasteiger partial charge in [0.25, 0.3) is 0 Å². The Morgan fingerprint density at radius 2 is 2.21 bits per heavy atom. The van der Waals surface area contributed by atoms with E-state index in [1.807, 2.05) is 35.9 Å². The van der Waals surface area contributed by atoms with Crippen molar-refractivity contribution >= 4 is 27.6 Å². The van der Waals surface area contributed by atoms with E-state index in [9.17, 15) is 4.79 Å². The lowest BCUT2D eigenvalue weighted by Gasteiger charge is -2.01. The average Bonchev–Trinajstić information content (AvgIpc) is 2.74. The summed E-state index contributed by atoms with van der Waals surface area (Å²) in [6.45, 7) is 2.76. The summed E-state index contributed by atoms with van der Waals surface area (Å²) in [5, 5.41) is 6.90. The van der Waals surface area contributed by atoms with Crippen LogP contribution in [0.1, 0.15) is 19.8 Å². The number of thiazole rings is 1. The summed E-state index contributed by atoms with van der Waals surface area (Å²) in [5.41, 5.74) is 3.63. The fourth-order valence-corrected chi connectivity index (χ4v) is 2.68. The van der Waals surface area contributed by atoms with Crippen molar-refractivity contribution in [3.05, 3.63) is 29.1 Å². The number of aromatic nitrogens is 1. The van der Waals surface area contributed by atoms with Gasteiger partial charge >= 0.3 is 6.03 Å². The Kier molecular flexibility index (Phi) is 4.57. The van der Waals surface area contributed by atoms with Gasteiger partial charge in [0.15, 0.2) is 0 Å². The Morgan fingerprint density at radius 3 is 2.95 bits per heavy atom. The molecule has 0 fully saturated rings. The highest BCUT2D eigenvalue weighted by Crippen LogP contribution is 2.14. The first-order valence-electron chi connectivity index (χ1n) is 6.34. The van der Waals surface area contributed by atoms with E-state index in [2.05, 4.69) is 22.8 Å². The summed E-state index contributed by atoms with van der Waals surface area (Å²) in [7, 11) is 1.94. The van der Waals surface area contributed by atoms with Crippen molar-refractivity contribution in [2.24, 2.45) is 12.1 Å². The van der Waals surface area contributed by atoms with Crippen LogP contribution >= 0.6 is 11.3 Å². The molecule has 102 valence electrons. The topological polar surface area (TPSA) is 58.4 Å². The number of benzene rings is 1. The maximum Gasteiger partial charge on any atom is 0.335 e. The van der Waals surface area contributed by atoms with E-state index in [4.69, 9.17) is 0 Å². The molecule has 0 aliphatic heterocycles. The van der Waals surface area contributed by atoms with Crippen LogP contribution in [0.4, 0.5) is 4.79 Å². The molecular formula is C13H18N4OS. The quantitative estimate of drug-likeness (QED) is 0.653. The standard InChI is InChI=1S/C13H18N4OS/c1-3-4-9-14-12(18)15-16-13-17(2)10-7-5-6-8-11(10)19-13/h5-8H,3-4,9H2,1-2H3,(H2,14,15,18)/b16-13+. The van der Waals surface area contributed by atoms with Crippen molar-refractivity contribution in [3.63, 3.8) is 0 Å². The number of nitrogens with one attached hydrogen (secondary N) is 2. The van der Waals surface area contributed by atoms with Crippen LogP contribution in [0.25, 0.3) is 10.2 Å². The van der Waals surface area contributed by atoms with Gasteiger partial charge in [-0.05, 0) is 18.6 Å². The zero-order valence-corrected chi connectivity index (χ0v) is 12.0. The number of carbonyl (C=O) groups is 1. The van der Waals surface area contributed by atoms with E-state index >= 15 is 0 Å². The van der Waals surface area contributed by atoms with Crippen LogP contribution in [0.2, 0.25) is 0 Å². The molecule has 2 amide bonds. The molecule has 0 bridgehead atoms. The first-order valence-corrected chi connectivity index (χ1v) is 7.16. The number of nitrogens with zero attached hydrogens (tertiary/aromatic N) is 2. The summed E-state index contributed by atoms with van der Waals surface area (Å²) in [5.74, 6) is 0. The lowest BCUT2D eigenvalue weighted by atomic mass is 10.3. The molecule has 1 aromatic heterocycles. The van der Waals surface area contributed by atoms with Gasteiger partial charge in [-0.2, -0.15) is 0 Å². The highest BCUT2D eigenvalue weighted by atomic mass is 32.1. The minimum absolute atomic E-state index is 0.258. The number of urea groups is 1. The van der Waals surface area contributed by atoms with Gasteiger partial charge in [0.1, 0.15) is 0 Å². The number of amides is 2. The van der Waals surface area contributed by atoms with Gasteiger partial charge in [-0.1, -0.05) is 36.8 Å². The van der Waals surface area contributed by atoms with Crippen molar-refractivity contribution in [1.29, 1.82) is 0 Å². The third-order valence-corrected chi connectivity index (χ3v) is 3.90. The van der Waals surface area contributed by atoms with Crippen molar-refractivity contribution in [2.75, 3.05) is 6.54 Å². The molecule has 2 N–H and O–H groups in total. The van der Waals surface area contributed by atoms with Crippen molar-refractivity contribution in [1.82, 2.24) is 15.3 Å². The van der Waals surface area contributed by atoms with Gasteiger partial charge in [-0.25, -0.2) is 10.2 Å². The number of rotatable bonds is 4. The number of para-hydroxylation sites is 1. The summed E-state index contributed by atoms with van der Waals surface area (Å²) in [6.07, 6.45) is 2.03. The largest absolute Gasteiger partial charge is 0.337 e. The molecule has 1 aromatic carbocycles. The maximum atomic E-state index is 11.5. The first-order chi connectivity index (χ1) is 9.22. The van der Waals surface area contributed by atoms with Crippen LogP contribution in [0.15, 0.2) is 29.4 Å². The van der Waals surface area contributed by atoms with Gasteiger partial charge in [0.05, 0.1) is 10.2 Å². The zero-order chi connectivity index (χ0) is 13.7. The van der Waals surface area contributed by atoms with Crippen LogP contribution in [0.3, 0.4) is 0 Å². The Labute approximate surface area is 115 Å². The third-order valence-electron chi connectivity index (χ3n) is 2.78. The van der Waals surface area contributed by atoms with Gasteiger partial charge in [0.2, 0.25) is 4.80 Å². The average molecular weight is 278 g/mol. The Morgan fingerprint density at radius 1 is 1.42 bits per heavy atom. The fraction of sp³-hybridized carbons (Fsp3) is 0.385. The summed E-state index contributed by atoms with van der Waals surface area (Å²) < 4.78 is 3.11. The van der Waals surface area contributed by atoms with Crippen LogP contribution < -0.4 is 15.5 Å². The monoisotopic (exact) mass is 278 g/mol. The highest BCUT2D eigenvalue weighted by Gasteiger charge is 2.02. The first kappa shape index (κ1) is 13.6. The second kappa shape index (κ2) is 6.38. The number of fused-ring (bicyclic) bond motifs is 1. The lowest BCUT2D eigenvalue weighted by molar-refractivity contribution is 0.241. The molecule has 0 saturated carbocycles. The van der Waals surface area contributed by atoms with Crippen LogP contribution in [0.5, 0.6) is 0 Å². The van der Waals surface area contributed by atoms with E-state index in [1.165, 1.54) is 0 Å². The van der Waals surface area contributed by atoms with Gasteiger partial charge in [-0.3, -0.25) is 0 Å². The zero-order valence-electron chi connectivity index (χ0n) is 11.1. The highest BCUT2D eigenvalue weighted by molar-refractivity contribution is 7.16. The van der Waals surface area contributed by atoms with Gasteiger partial charge in [0, 0.05) is 13.6 Å². The van der Waals surface area contributed by atoms with E-state index in [1.54, 1.807) is 11.3 Å². The van der Waals surface area contributed by atoms with E-state index in [0.29, 0.717) is 6.54 Å². The van der Waals surface area contributed by atoms with E-state index < -0.39 is 0 Å². The Balaban J connectivity index is 2.09. The predicted molar refractivity (Wildman–Crippen MR) is 77.8 cm³/mol. The lowest BCUT2D eigenvalue weighted by Crippen LogP contribution is -2.34. The Hall–Kier alpha value is -1.82. The molecular weight excluding hydrogens is 260 g/mol. The molecule has 5 nitrogen and oxygen atoms in total. The summed E-state index contributed by atoms with van der Waals surface area (Å²) in [4.78, 5) is 12.3. The Bertz CT molecular complexity index is 629. The molecule has 0 aliphatic rings. The molecule has 19 heavy (non-hydrogen) atoms. The molecule has 0 unspecified atom stereocenters. The SMILES string of the molecule is CCCCNC(=O)N/N=c1/sc2ccccc2n1C. The van der Waals surface area contributed by atoms with Crippen LogP contribution in [-0.4, -0.2) is 17.1 Å². The van der Waals surface area contributed by atoms with Gasteiger partial charge < -0.3 is 9.88 Å². The number of hydrogen-bond donors (Lipinski definition) is 2. The fourth-order valence-electron chi connectivity index (χ4n) is 1.71. The minimum atomic E-state index is -0.258. The second-order valence-electron chi connectivity index (χ2n) is 4.24. The summed E-state index contributed by atoms with van der Waals surface area (Å²) >= 11 is 1.55. The molecule has 0 atom stereocenters. The number of aryl methyl sites for hydroxylation is 1. The van der Waals surface area contributed by atoms with E-state index in [0.717, 1.165) is 27.9 Å². The van der Waals surface area contributed by atoms with Crippen LogP contribution in [0, 0.1) is 0 Å². The van der Waals surface area contributed by atoms with Crippen molar-refractivity contribution in [2.45, 2.75) is 19.8 Å². The maximum absolute atomic E-state index is 11.5. The smallest absolute Gasteiger partial charge is 0.335 e. The van der Waals surface area contributed by atoms with Gasteiger partial charge in [-0.15, -0.1) is 5.10 Å². The van der Waals surface area contributed by atoms with Crippen molar-refractivity contribution in [3.8, 4) is 0 Å². The molecule has 0 radical (unpaired) electrons. The molecule has 0 aliphatic carbocycles. The molecule has 2 rings (SSSR count). The number of hydrogen-bond acceptors (Lipinski definition) is 3. The molecule has 6 heteroatoms. The molecule has 0 saturated heterocycles. The predicted octanol–water partition coefficient (Wildman–Crippen LogP) is 2.15. The second-order valence-corrected chi connectivity index (χ2v) is 5.25. The van der Waals surface area contributed by atoms with Crippen molar-refractivity contribution < 1.29 is 4.79 Å². The summed E-state index contributed by atoms with van der Waals surface area (Å²) in [6, 6.07) is 7.80.